The first kappa shape index (κ1) is 32.1. The summed E-state index contributed by atoms with van der Waals surface area (Å²) >= 11 is 1.96. The van der Waals surface area contributed by atoms with E-state index in [0.717, 1.165) is 22.2 Å². The monoisotopic (exact) mass is 634 g/mol. The lowest BCUT2D eigenvalue weighted by Gasteiger charge is -2.11. The van der Waals surface area contributed by atoms with Crippen LogP contribution in [0.25, 0.3) is 60.6 Å². The highest BCUT2D eigenvalue weighted by atomic mass is 32.1. The minimum atomic E-state index is 0.643. The quantitative estimate of drug-likeness (QED) is 0.177. The van der Waals surface area contributed by atoms with Gasteiger partial charge in [0.15, 0.2) is 11.6 Å². The van der Waals surface area contributed by atoms with Crippen LogP contribution in [0, 0.1) is 0 Å². The zero-order valence-electron chi connectivity index (χ0n) is 27.6. The lowest BCUT2D eigenvalue weighted by atomic mass is 9.95. The zero-order valence-corrected chi connectivity index (χ0v) is 28.4. The summed E-state index contributed by atoms with van der Waals surface area (Å²) in [6.07, 6.45) is 13.2. The van der Waals surface area contributed by atoms with Gasteiger partial charge in [-0.25, -0.2) is 4.98 Å². The molecule has 5 heteroatoms. The van der Waals surface area contributed by atoms with E-state index in [-0.39, 0.29) is 0 Å². The van der Waals surface area contributed by atoms with Gasteiger partial charge in [0.05, 0.1) is 11.0 Å². The molecule has 0 aliphatic heterocycles. The molecule has 0 N–H and O–H groups in total. The molecule has 1 aliphatic carbocycles. The number of unbranched alkanes of at least 4 members (excludes halogenated alkanes) is 1. The SMILES string of the molecule is C=C/C=C\C.CCCC.c1ccc(-c2nc(-c3ccccc3)nc(-n3c4ccccc4c4cc5c6c(sc5cc43)CCCC6)n2)cc1. The lowest BCUT2D eigenvalue weighted by Crippen LogP contribution is -2.06. The summed E-state index contributed by atoms with van der Waals surface area (Å²) in [7, 11) is 0. The van der Waals surface area contributed by atoms with Gasteiger partial charge in [0.25, 0.3) is 0 Å². The number of para-hydroxylation sites is 1. The van der Waals surface area contributed by atoms with Crippen LogP contribution in [0.5, 0.6) is 0 Å². The largest absolute Gasteiger partial charge is 0.278 e. The van der Waals surface area contributed by atoms with Crippen LogP contribution in [0.15, 0.2) is 122 Å². The predicted octanol–water partition coefficient (Wildman–Crippen LogP) is 12.0. The summed E-state index contributed by atoms with van der Waals surface area (Å²) in [6.45, 7) is 9.78. The van der Waals surface area contributed by atoms with Gasteiger partial charge in [-0.15, -0.1) is 11.3 Å². The fourth-order valence-electron chi connectivity index (χ4n) is 5.97. The van der Waals surface area contributed by atoms with Crippen molar-refractivity contribution in [1.82, 2.24) is 19.5 Å². The molecular weight excluding hydrogens is 593 g/mol. The molecule has 0 unspecified atom stereocenters. The van der Waals surface area contributed by atoms with Gasteiger partial charge in [0.2, 0.25) is 5.95 Å². The van der Waals surface area contributed by atoms with Gasteiger partial charge in [-0.1, -0.05) is 130 Å². The summed E-state index contributed by atoms with van der Waals surface area (Å²) in [5.74, 6) is 1.99. The van der Waals surface area contributed by atoms with Crippen molar-refractivity contribution in [2.45, 2.75) is 59.3 Å². The molecule has 0 atom stereocenters. The second-order valence-corrected chi connectivity index (χ2v) is 12.8. The van der Waals surface area contributed by atoms with Crippen molar-refractivity contribution in [3.05, 3.63) is 132 Å². The highest BCUT2D eigenvalue weighted by Gasteiger charge is 2.21. The first-order valence-electron chi connectivity index (χ1n) is 16.7. The number of fused-ring (bicyclic) bond motifs is 6. The molecular formula is C42H42N4S. The molecule has 0 spiro atoms. The highest BCUT2D eigenvalue weighted by Crippen LogP contribution is 2.41. The number of hydrogen-bond donors (Lipinski definition) is 0. The average molecular weight is 635 g/mol. The maximum absolute atomic E-state index is 5.06. The van der Waals surface area contributed by atoms with E-state index in [0.29, 0.717) is 17.6 Å². The molecule has 0 saturated heterocycles. The van der Waals surface area contributed by atoms with Crippen molar-refractivity contribution in [3.63, 3.8) is 0 Å². The van der Waals surface area contributed by atoms with E-state index in [2.05, 4.69) is 85.7 Å². The third-order valence-corrected chi connectivity index (χ3v) is 9.72. The van der Waals surface area contributed by atoms with Crippen molar-refractivity contribution in [3.8, 4) is 28.7 Å². The topological polar surface area (TPSA) is 43.6 Å². The van der Waals surface area contributed by atoms with Crippen LogP contribution in [0.2, 0.25) is 0 Å². The minimum absolute atomic E-state index is 0.643. The van der Waals surface area contributed by atoms with Crippen molar-refractivity contribution >= 4 is 43.2 Å². The Morgan fingerprint density at radius 2 is 1.32 bits per heavy atom. The fourth-order valence-corrected chi connectivity index (χ4v) is 7.28. The van der Waals surface area contributed by atoms with E-state index in [4.69, 9.17) is 15.0 Å². The van der Waals surface area contributed by atoms with E-state index in [1.165, 1.54) is 59.4 Å². The molecule has 3 aromatic heterocycles. The van der Waals surface area contributed by atoms with Gasteiger partial charge in [-0.3, -0.25) is 4.57 Å². The molecule has 3 heterocycles. The molecule has 4 aromatic carbocycles. The molecule has 7 aromatic rings. The van der Waals surface area contributed by atoms with Crippen LogP contribution in [0.4, 0.5) is 0 Å². The van der Waals surface area contributed by atoms with Gasteiger partial charge in [-0.05, 0) is 61.8 Å². The number of nitrogens with zero attached hydrogens (tertiary/aromatic N) is 4. The maximum Gasteiger partial charge on any atom is 0.238 e. The first-order chi connectivity index (χ1) is 23.2. The number of hydrogen-bond acceptors (Lipinski definition) is 4. The van der Waals surface area contributed by atoms with Crippen LogP contribution in [-0.4, -0.2) is 19.5 Å². The van der Waals surface area contributed by atoms with Crippen molar-refractivity contribution in [1.29, 1.82) is 0 Å². The van der Waals surface area contributed by atoms with Gasteiger partial charge >= 0.3 is 0 Å². The van der Waals surface area contributed by atoms with Gasteiger partial charge in [0.1, 0.15) is 0 Å². The Balaban J connectivity index is 0.000000384. The average Bonchev–Trinajstić information content (AvgIpc) is 3.66. The summed E-state index contributed by atoms with van der Waals surface area (Å²) < 4.78 is 3.58. The molecule has 4 nitrogen and oxygen atoms in total. The summed E-state index contributed by atoms with van der Waals surface area (Å²) in [4.78, 5) is 16.6. The molecule has 8 rings (SSSR count). The Morgan fingerprint density at radius 1 is 0.702 bits per heavy atom. The Labute approximate surface area is 282 Å². The van der Waals surface area contributed by atoms with Crippen molar-refractivity contribution < 1.29 is 0 Å². The molecule has 47 heavy (non-hydrogen) atoms. The molecule has 0 bridgehead atoms. The summed E-state index contributed by atoms with van der Waals surface area (Å²) in [5, 5.41) is 3.90. The van der Waals surface area contributed by atoms with Crippen LogP contribution in [0.3, 0.4) is 0 Å². The molecule has 0 radical (unpaired) electrons. The summed E-state index contributed by atoms with van der Waals surface area (Å²) in [6, 6.07) is 33.7. The number of thiophene rings is 1. The Hall–Kier alpha value is -4.87. The number of benzene rings is 4. The van der Waals surface area contributed by atoms with Gasteiger partial charge in [-0.2, -0.15) is 9.97 Å². The Bertz CT molecular complexity index is 2080. The van der Waals surface area contributed by atoms with Crippen LogP contribution in [-0.2, 0) is 12.8 Å². The molecule has 0 amide bonds. The molecule has 236 valence electrons. The lowest BCUT2D eigenvalue weighted by molar-refractivity contribution is 0.700. The van der Waals surface area contributed by atoms with Crippen LogP contribution >= 0.6 is 11.3 Å². The normalized spacial score (nSPS) is 12.4. The smallest absolute Gasteiger partial charge is 0.238 e. The van der Waals surface area contributed by atoms with E-state index in [9.17, 15) is 0 Å². The van der Waals surface area contributed by atoms with Crippen LogP contribution < -0.4 is 0 Å². The van der Waals surface area contributed by atoms with E-state index in [1.54, 1.807) is 16.5 Å². The molecule has 1 aliphatic rings. The summed E-state index contributed by atoms with van der Waals surface area (Å²) in [5.41, 5.74) is 5.76. The van der Waals surface area contributed by atoms with Gasteiger partial charge in [0, 0.05) is 31.5 Å². The van der Waals surface area contributed by atoms with Crippen LogP contribution in [0.1, 0.15) is 56.9 Å². The number of aryl methyl sites for hydroxylation is 2. The first-order valence-corrected chi connectivity index (χ1v) is 17.6. The fraction of sp³-hybridized carbons (Fsp3) is 0.214. The number of allylic oxidation sites excluding steroid dienone is 3. The predicted molar refractivity (Wildman–Crippen MR) is 203 cm³/mol. The minimum Gasteiger partial charge on any atom is -0.278 e. The van der Waals surface area contributed by atoms with E-state index < -0.39 is 0 Å². The highest BCUT2D eigenvalue weighted by molar-refractivity contribution is 7.19. The second-order valence-electron chi connectivity index (χ2n) is 11.7. The standard InChI is InChI=1S/C33H24N4S.C5H8.C4H10/c1-3-11-21(12-4-1)31-34-32(22-13-5-2-6-14-22)36-33(35-31)37-27-17-9-7-15-23(27)25-19-26-24-16-8-10-18-29(24)38-30(26)20-28(25)37;1-3-5-4-2;1-3-4-2/h1-7,9,11-15,17,19-20H,8,10,16,18H2;3-5H,1H2,2H3;3-4H2,1-2H3/b;5-4-;. The number of aromatic nitrogens is 4. The van der Waals surface area contributed by atoms with Gasteiger partial charge < -0.3 is 0 Å². The Kier molecular flexibility index (Phi) is 10.3. The molecule has 0 fully saturated rings. The molecule has 0 saturated carbocycles. The third-order valence-electron chi connectivity index (χ3n) is 8.47. The van der Waals surface area contributed by atoms with E-state index >= 15 is 0 Å². The zero-order chi connectivity index (χ0) is 32.6. The van der Waals surface area contributed by atoms with E-state index in [1.807, 2.05) is 66.8 Å². The van der Waals surface area contributed by atoms with Crippen molar-refractivity contribution in [2.24, 2.45) is 0 Å². The maximum atomic E-state index is 5.06. The number of rotatable bonds is 5. The third kappa shape index (κ3) is 6.81. The van der Waals surface area contributed by atoms with Crippen molar-refractivity contribution in [2.75, 3.05) is 0 Å². The Morgan fingerprint density at radius 3 is 1.91 bits per heavy atom. The second kappa shape index (κ2) is 15.1.